The van der Waals surface area contributed by atoms with Crippen LogP contribution in [-0.2, 0) is 18.4 Å². The van der Waals surface area contributed by atoms with E-state index in [1.54, 1.807) is 12.1 Å². The molecule has 0 unspecified atom stereocenters. The molecule has 0 N–H and O–H groups in total. The summed E-state index contributed by atoms with van der Waals surface area (Å²) in [5, 5.41) is 3.33. The minimum absolute atomic E-state index is 0.0241. The number of carbonyl (C=O) groups is 1. The maximum atomic E-state index is 14.3. The molecule has 0 atom stereocenters. The highest BCUT2D eigenvalue weighted by Crippen LogP contribution is 2.25. The number of hydrogen-bond donors (Lipinski definition) is 0. The second kappa shape index (κ2) is 7.31. The van der Waals surface area contributed by atoms with Crippen LogP contribution >= 0.6 is 23.2 Å². The molecule has 6 nitrogen and oxygen atoms in total. The van der Waals surface area contributed by atoms with Gasteiger partial charge in [0.1, 0.15) is 12.4 Å². The Kier molecular flexibility index (Phi) is 5.11. The number of rotatable bonds is 4. The number of aryl methyl sites for hydroxylation is 1. The zero-order valence-corrected chi connectivity index (χ0v) is 15.0. The summed E-state index contributed by atoms with van der Waals surface area (Å²) in [4.78, 5) is 24.4. The molecule has 0 bridgehead atoms. The number of aromatic nitrogens is 3. The number of ether oxygens (including phenoxy) is 1. The highest BCUT2D eigenvalue weighted by Gasteiger charge is 2.21. The van der Waals surface area contributed by atoms with Crippen molar-refractivity contribution < 1.29 is 13.9 Å². The fourth-order valence-electron chi connectivity index (χ4n) is 2.30. The van der Waals surface area contributed by atoms with E-state index in [0.717, 1.165) is 26.9 Å². The third-order valence-corrected chi connectivity index (χ3v) is 4.15. The van der Waals surface area contributed by atoms with Crippen LogP contribution in [0.25, 0.3) is 5.69 Å². The molecule has 0 saturated carbocycles. The van der Waals surface area contributed by atoms with Gasteiger partial charge in [-0.05, 0) is 29.3 Å². The predicted molar refractivity (Wildman–Crippen MR) is 94.3 cm³/mol. The largest absolute Gasteiger partial charge is 0.457 e. The summed E-state index contributed by atoms with van der Waals surface area (Å²) in [6, 6.07) is 11.1. The fraction of sp³-hybridized carbons (Fsp3) is 0.118. The van der Waals surface area contributed by atoms with E-state index in [1.165, 1.54) is 7.05 Å². The Hall–Kier alpha value is -2.64. The second-order valence-corrected chi connectivity index (χ2v) is 6.10. The van der Waals surface area contributed by atoms with Crippen molar-refractivity contribution in [2.75, 3.05) is 0 Å². The van der Waals surface area contributed by atoms with Crippen molar-refractivity contribution in [3.05, 3.63) is 80.2 Å². The van der Waals surface area contributed by atoms with E-state index in [1.807, 2.05) is 18.2 Å². The van der Waals surface area contributed by atoms with Crippen LogP contribution in [0.15, 0.2) is 47.3 Å². The van der Waals surface area contributed by atoms with E-state index in [9.17, 15) is 14.0 Å². The summed E-state index contributed by atoms with van der Waals surface area (Å²) >= 11 is 11.9. The lowest BCUT2D eigenvalue weighted by Crippen LogP contribution is -2.22. The zero-order chi connectivity index (χ0) is 18.8. The molecule has 3 rings (SSSR count). The lowest BCUT2D eigenvalue weighted by molar-refractivity contribution is 0.0473. The van der Waals surface area contributed by atoms with Gasteiger partial charge in [0.2, 0.25) is 5.28 Å². The van der Waals surface area contributed by atoms with Crippen molar-refractivity contribution in [2.45, 2.75) is 6.61 Å². The number of carbonyl (C=O) groups excluding carboxylic acids is 1. The van der Waals surface area contributed by atoms with E-state index in [0.29, 0.717) is 0 Å². The van der Waals surface area contributed by atoms with Crippen LogP contribution < -0.4 is 5.69 Å². The van der Waals surface area contributed by atoms with E-state index in [-0.39, 0.29) is 28.2 Å². The van der Waals surface area contributed by atoms with Crippen molar-refractivity contribution in [2.24, 2.45) is 7.05 Å². The van der Waals surface area contributed by atoms with E-state index in [4.69, 9.17) is 27.9 Å². The average molecular weight is 396 g/mol. The van der Waals surface area contributed by atoms with Crippen molar-refractivity contribution in [1.82, 2.24) is 14.3 Å². The van der Waals surface area contributed by atoms with Gasteiger partial charge in [0.15, 0.2) is 0 Å². The molecular formula is C17H12Cl2FN3O3. The van der Waals surface area contributed by atoms with Crippen molar-refractivity contribution in [3.8, 4) is 5.69 Å². The van der Waals surface area contributed by atoms with Crippen molar-refractivity contribution in [3.63, 3.8) is 0 Å². The fourth-order valence-corrected chi connectivity index (χ4v) is 2.81. The minimum Gasteiger partial charge on any atom is -0.457 e. The number of halogens is 3. The smallest absolute Gasteiger partial charge is 0.351 e. The van der Waals surface area contributed by atoms with E-state index < -0.39 is 17.5 Å². The van der Waals surface area contributed by atoms with Crippen LogP contribution in [0.1, 0.15) is 15.9 Å². The topological polar surface area (TPSA) is 66.1 Å². The van der Waals surface area contributed by atoms with Crippen molar-refractivity contribution >= 4 is 29.2 Å². The third kappa shape index (κ3) is 3.49. The maximum Gasteiger partial charge on any atom is 0.351 e. The summed E-state index contributed by atoms with van der Waals surface area (Å²) in [7, 11) is 1.37. The van der Waals surface area contributed by atoms with Gasteiger partial charge in [0.25, 0.3) is 0 Å². The normalized spacial score (nSPS) is 10.8. The predicted octanol–water partition coefficient (Wildman–Crippen LogP) is 3.37. The Morgan fingerprint density at radius 2 is 1.92 bits per heavy atom. The molecule has 0 radical (unpaired) electrons. The molecule has 26 heavy (non-hydrogen) atoms. The van der Waals surface area contributed by atoms with Gasteiger partial charge >= 0.3 is 11.7 Å². The molecule has 0 aliphatic rings. The Labute approximate surface area is 157 Å². The number of esters is 1. The molecule has 0 fully saturated rings. The SMILES string of the molecule is Cn1nc(Cl)n(-c2cc(C(=O)OCc3ccccc3)c(Cl)cc2F)c1=O. The first-order chi connectivity index (χ1) is 12.4. The minimum atomic E-state index is -0.827. The molecule has 0 aliphatic carbocycles. The Balaban J connectivity index is 1.95. The first-order valence-electron chi connectivity index (χ1n) is 7.40. The molecule has 0 aliphatic heterocycles. The van der Waals surface area contributed by atoms with Gasteiger partial charge < -0.3 is 4.74 Å². The molecular weight excluding hydrogens is 384 g/mol. The van der Waals surface area contributed by atoms with Crippen LogP contribution in [-0.4, -0.2) is 20.3 Å². The van der Waals surface area contributed by atoms with E-state index >= 15 is 0 Å². The van der Waals surface area contributed by atoms with Gasteiger partial charge in [-0.2, -0.15) is 0 Å². The molecule has 0 amide bonds. The molecule has 134 valence electrons. The van der Waals surface area contributed by atoms with Gasteiger partial charge in [-0.25, -0.2) is 23.2 Å². The lowest BCUT2D eigenvalue weighted by Gasteiger charge is -2.10. The Morgan fingerprint density at radius 3 is 2.54 bits per heavy atom. The molecule has 0 spiro atoms. The summed E-state index contributed by atoms with van der Waals surface area (Å²) in [5.74, 6) is -1.58. The monoisotopic (exact) mass is 395 g/mol. The number of hydrogen-bond acceptors (Lipinski definition) is 4. The van der Waals surface area contributed by atoms with Gasteiger partial charge in [-0.1, -0.05) is 41.9 Å². The standard InChI is InChI=1S/C17H12Cl2FN3O3/c1-22-17(25)23(16(19)21-22)14-7-11(12(18)8-13(14)20)15(24)26-9-10-5-3-2-4-6-10/h2-8H,9H2,1H3. The van der Waals surface area contributed by atoms with Crippen molar-refractivity contribution in [1.29, 1.82) is 0 Å². The quantitative estimate of drug-likeness (QED) is 0.635. The van der Waals surface area contributed by atoms with E-state index in [2.05, 4.69) is 5.10 Å². The second-order valence-electron chi connectivity index (χ2n) is 5.36. The summed E-state index contributed by atoms with van der Waals surface area (Å²) in [6.07, 6.45) is 0. The molecule has 0 saturated heterocycles. The van der Waals surface area contributed by atoms with Crippen LogP contribution in [0.5, 0.6) is 0 Å². The number of benzene rings is 2. The van der Waals surface area contributed by atoms with Gasteiger partial charge in [-0.15, -0.1) is 5.10 Å². The summed E-state index contributed by atoms with van der Waals surface area (Å²) in [5.41, 5.74) is -0.222. The maximum absolute atomic E-state index is 14.3. The molecule has 1 aromatic heterocycles. The molecule has 3 aromatic rings. The summed E-state index contributed by atoms with van der Waals surface area (Å²) in [6.45, 7) is 0.0241. The highest BCUT2D eigenvalue weighted by molar-refractivity contribution is 6.33. The van der Waals surface area contributed by atoms with Gasteiger partial charge in [0, 0.05) is 7.05 Å². The van der Waals surface area contributed by atoms with Crippen LogP contribution in [0.4, 0.5) is 4.39 Å². The number of nitrogens with zero attached hydrogens (tertiary/aromatic N) is 3. The van der Waals surface area contributed by atoms with Crippen LogP contribution in [0, 0.1) is 5.82 Å². The summed E-state index contributed by atoms with van der Waals surface area (Å²) < 4.78 is 21.3. The Morgan fingerprint density at radius 1 is 1.23 bits per heavy atom. The Bertz CT molecular complexity index is 1030. The highest BCUT2D eigenvalue weighted by atomic mass is 35.5. The van der Waals surface area contributed by atoms with Gasteiger partial charge in [-0.3, -0.25) is 0 Å². The zero-order valence-electron chi connectivity index (χ0n) is 13.4. The first-order valence-corrected chi connectivity index (χ1v) is 8.16. The third-order valence-electron chi connectivity index (χ3n) is 3.60. The lowest BCUT2D eigenvalue weighted by atomic mass is 10.2. The van der Waals surface area contributed by atoms with Crippen LogP contribution in [0.2, 0.25) is 10.3 Å². The van der Waals surface area contributed by atoms with Crippen LogP contribution in [0.3, 0.4) is 0 Å². The van der Waals surface area contributed by atoms with Gasteiger partial charge in [0.05, 0.1) is 16.3 Å². The molecule has 2 aromatic carbocycles. The molecule has 1 heterocycles. The average Bonchev–Trinajstić information content (AvgIpc) is 2.86. The first kappa shape index (κ1) is 18.2. The molecule has 9 heteroatoms.